The van der Waals surface area contributed by atoms with E-state index < -0.39 is 0 Å². The summed E-state index contributed by atoms with van der Waals surface area (Å²) in [5.41, 5.74) is 1.97. The van der Waals surface area contributed by atoms with Crippen LogP contribution >= 0.6 is 0 Å². The Balaban J connectivity index is 1.36. The van der Waals surface area contributed by atoms with Crippen molar-refractivity contribution < 1.29 is 14.4 Å². The Morgan fingerprint density at radius 2 is 2.15 bits per heavy atom. The molecule has 1 N–H and O–H groups in total. The lowest BCUT2D eigenvalue weighted by Crippen LogP contribution is -2.49. The van der Waals surface area contributed by atoms with Crippen LogP contribution in [0.1, 0.15) is 50.0 Å². The Hall–Kier alpha value is -2.21. The van der Waals surface area contributed by atoms with E-state index in [2.05, 4.69) is 10.1 Å². The fourth-order valence-corrected chi connectivity index (χ4v) is 4.63. The van der Waals surface area contributed by atoms with Gasteiger partial charge in [-0.1, -0.05) is 35.8 Å². The number of hydrogen-bond acceptors (Lipinski definition) is 5. The number of likely N-dealkylation sites (tertiary alicyclic amines) is 1. The number of aryl methyl sites for hydroxylation is 2. The van der Waals surface area contributed by atoms with Crippen molar-refractivity contribution in [2.24, 2.45) is 5.41 Å². The number of piperidine rings is 1. The summed E-state index contributed by atoms with van der Waals surface area (Å²) in [6.45, 7) is 3.48. The highest BCUT2D eigenvalue weighted by Gasteiger charge is 2.45. The molecule has 6 nitrogen and oxygen atoms in total. The lowest BCUT2D eigenvalue weighted by atomic mass is 9.76. The molecule has 4 rings (SSSR count). The maximum absolute atomic E-state index is 12.7. The van der Waals surface area contributed by atoms with Gasteiger partial charge in [0.15, 0.2) is 0 Å². The monoisotopic (exact) mass is 369 g/mol. The number of aliphatic hydroxyl groups excluding tert-OH is 1. The van der Waals surface area contributed by atoms with Gasteiger partial charge in [0, 0.05) is 36.9 Å². The smallest absolute Gasteiger partial charge is 0.227 e. The summed E-state index contributed by atoms with van der Waals surface area (Å²) in [5, 5.41) is 14.4. The highest BCUT2D eigenvalue weighted by molar-refractivity contribution is 5.76. The van der Waals surface area contributed by atoms with Gasteiger partial charge in [0.2, 0.25) is 17.6 Å². The highest BCUT2D eigenvalue weighted by Crippen LogP contribution is 2.45. The number of aromatic nitrogens is 2. The second kappa shape index (κ2) is 7.43. The van der Waals surface area contributed by atoms with E-state index in [0.29, 0.717) is 31.1 Å². The van der Waals surface area contributed by atoms with Gasteiger partial charge >= 0.3 is 0 Å². The molecule has 0 unspecified atom stereocenters. The second-order valence-electron chi connectivity index (χ2n) is 8.02. The van der Waals surface area contributed by atoms with Crippen LogP contribution in [0, 0.1) is 12.3 Å². The lowest BCUT2D eigenvalue weighted by Gasteiger charge is -2.42. The molecule has 1 aliphatic carbocycles. The topological polar surface area (TPSA) is 79.5 Å². The van der Waals surface area contributed by atoms with Gasteiger partial charge < -0.3 is 14.5 Å². The van der Waals surface area contributed by atoms with Crippen molar-refractivity contribution in [1.82, 2.24) is 15.0 Å². The molecule has 1 amide bonds. The number of benzene rings is 1. The van der Waals surface area contributed by atoms with Gasteiger partial charge in [-0.3, -0.25) is 4.79 Å². The summed E-state index contributed by atoms with van der Waals surface area (Å²) < 4.78 is 5.35. The molecule has 1 aromatic carbocycles. The molecule has 2 heterocycles. The van der Waals surface area contributed by atoms with E-state index in [1.807, 2.05) is 36.1 Å². The van der Waals surface area contributed by atoms with E-state index >= 15 is 0 Å². The fraction of sp³-hybridized carbons (Fsp3) is 0.571. The first-order chi connectivity index (χ1) is 13.1. The van der Waals surface area contributed by atoms with E-state index in [1.165, 1.54) is 0 Å². The molecule has 27 heavy (non-hydrogen) atoms. The van der Waals surface area contributed by atoms with Crippen LogP contribution in [0.2, 0.25) is 0 Å². The molecule has 0 radical (unpaired) electrons. The minimum absolute atomic E-state index is 0.0730. The van der Waals surface area contributed by atoms with Gasteiger partial charge in [0.1, 0.15) is 0 Å². The quantitative estimate of drug-likeness (QED) is 0.896. The van der Waals surface area contributed by atoms with Crippen molar-refractivity contribution in [1.29, 1.82) is 0 Å². The second-order valence-corrected chi connectivity index (χ2v) is 8.02. The zero-order chi connectivity index (χ0) is 18.9. The zero-order valence-electron chi connectivity index (χ0n) is 15.9. The Morgan fingerprint density at radius 1 is 1.33 bits per heavy atom. The van der Waals surface area contributed by atoms with E-state index in [-0.39, 0.29) is 17.4 Å². The van der Waals surface area contributed by atoms with Crippen molar-refractivity contribution in [3.8, 4) is 11.4 Å². The molecular weight excluding hydrogens is 342 g/mol. The predicted octanol–water partition coefficient (Wildman–Crippen LogP) is 3.13. The van der Waals surface area contributed by atoms with Crippen LogP contribution in [0.25, 0.3) is 11.4 Å². The van der Waals surface area contributed by atoms with Crippen LogP contribution in [0.4, 0.5) is 0 Å². The number of amides is 1. The minimum atomic E-state index is -0.263. The Bertz CT molecular complexity index is 819. The summed E-state index contributed by atoms with van der Waals surface area (Å²) in [6, 6.07) is 7.91. The molecule has 2 fully saturated rings. The van der Waals surface area contributed by atoms with Crippen LogP contribution < -0.4 is 0 Å². The predicted molar refractivity (Wildman–Crippen MR) is 101 cm³/mol. The van der Waals surface area contributed by atoms with E-state index in [4.69, 9.17) is 4.52 Å². The molecule has 1 saturated carbocycles. The average Bonchev–Trinajstić information content (AvgIpc) is 3.28. The number of rotatable bonds is 4. The average molecular weight is 369 g/mol. The molecule has 2 aliphatic rings. The molecule has 0 bridgehead atoms. The van der Waals surface area contributed by atoms with Crippen LogP contribution in [-0.4, -0.2) is 45.2 Å². The Morgan fingerprint density at radius 3 is 2.93 bits per heavy atom. The first-order valence-electron chi connectivity index (χ1n) is 9.92. The molecule has 1 aromatic heterocycles. The maximum atomic E-state index is 12.7. The summed E-state index contributed by atoms with van der Waals surface area (Å²) in [5.74, 6) is 1.18. The van der Waals surface area contributed by atoms with Gasteiger partial charge in [-0.05, 0) is 38.2 Å². The van der Waals surface area contributed by atoms with E-state index in [9.17, 15) is 9.90 Å². The number of nitrogens with zero attached hydrogens (tertiary/aromatic N) is 3. The van der Waals surface area contributed by atoms with Crippen molar-refractivity contribution >= 4 is 5.91 Å². The van der Waals surface area contributed by atoms with E-state index in [0.717, 1.165) is 49.8 Å². The SMILES string of the molecule is Cc1ccccc1-c1noc(CCC(=O)N2CCC[C@@]3(CCC[C@H]3O)C2)n1. The Kier molecular flexibility index (Phi) is 5.00. The molecule has 6 heteroatoms. The van der Waals surface area contributed by atoms with Crippen molar-refractivity contribution in [2.45, 2.75) is 58.0 Å². The summed E-state index contributed by atoms with van der Waals surface area (Å²) in [6.07, 6.45) is 5.51. The maximum Gasteiger partial charge on any atom is 0.227 e. The summed E-state index contributed by atoms with van der Waals surface area (Å²) in [7, 11) is 0. The zero-order valence-corrected chi connectivity index (χ0v) is 15.9. The van der Waals surface area contributed by atoms with Crippen LogP contribution in [0.3, 0.4) is 0 Å². The number of aliphatic hydroxyl groups is 1. The van der Waals surface area contributed by atoms with Crippen molar-refractivity contribution in [3.05, 3.63) is 35.7 Å². The van der Waals surface area contributed by atoms with Gasteiger partial charge in [0.05, 0.1) is 6.10 Å². The van der Waals surface area contributed by atoms with Crippen LogP contribution in [-0.2, 0) is 11.2 Å². The fourth-order valence-electron chi connectivity index (χ4n) is 4.63. The third-order valence-electron chi connectivity index (χ3n) is 6.23. The van der Waals surface area contributed by atoms with Crippen LogP contribution in [0.15, 0.2) is 28.8 Å². The van der Waals surface area contributed by atoms with Crippen molar-refractivity contribution in [3.63, 3.8) is 0 Å². The number of hydrogen-bond donors (Lipinski definition) is 1. The summed E-state index contributed by atoms with van der Waals surface area (Å²) >= 11 is 0. The third kappa shape index (κ3) is 3.63. The first kappa shape index (κ1) is 18.2. The summed E-state index contributed by atoms with van der Waals surface area (Å²) in [4.78, 5) is 19.1. The van der Waals surface area contributed by atoms with Gasteiger partial charge in [-0.25, -0.2) is 0 Å². The number of carbonyl (C=O) groups is 1. The molecule has 1 spiro atoms. The lowest BCUT2D eigenvalue weighted by molar-refractivity contribution is -0.136. The van der Waals surface area contributed by atoms with E-state index in [1.54, 1.807) is 0 Å². The van der Waals surface area contributed by atoms with Crippen molar-refractivity contribution in [2.75, 3.05) is 13.1 Å². The van der Waals surface area contributed by atoms with Gasteiger partial charge in [0.25, 0.3) is 0 Å². The number of carbonyl (C=O) groups excluding carboxylic acids is 1. The van der Waals surface area contributed by atoms with Crippen LogP contribution in [0.5, 0.6) is 0 Å². The normalized spacial score (nSPS) is 25.3. The first-order valence-corrected chi connectivity index (χ1v) is 9.92. The molecule has 1 aliphatic heterocycles. The Labute approximate surface area is 159 Å². The molecule has 2 atom stereocenters. The molecular formula is C21H27N3O3. The highest BCUT2D eigenvalue weighted by atomic mass is 16.5. The molecule has 2 aromatic rings. The molecule has 1 saturated heterocycles. The van der Waals surface area contributed by atoms with Gasteiger partial charge in [-0.2, -0.15) is 4.98 Å². The largest absolute Gasteiger partial charge is 0.392 e. The third-order valence-corrected chi connectivity index (χ3v) is 6.23. The standard InChI is InChI=1S/C21H27N3O3/c1-15-6-2-3-7-16(15)20-22-18(27-23-20)9-10-19(26)24-13-5-12-21(14-24)11-4-8-17(21)25/h2-3,6-7,17,25H,4-5,8-14H2,1H3/t17-,21+/m1/s1. The molecule has 144 valence electrons. The minimum Gasteiger partial charge on any atom is -0.392 e. The van der Waals surface area contributed by atoms with Gasteiger partial charge in [-0.15, -0.1) is 0 Å².